The number of anilines is 1. The molecule has 2 aromatic heterocycles. The van der Waals surface area contributed by atoms with Crippen molar-refractivity contribution in [3.63, 3.8) is 0 Å². The molecule has 0 saturated heterocycles. The van der Waals surface area contributed by atoms with Gasteiger partial charge in [-0.25, -0.2) is 9.50 Å². The van der Waals surface area contributed by atoms with E-state index in [4.69, 9.17) is 21.1 Å². The van der Waals surface area contributed by atoms with Crippen molar-refractivity contribution in [3.05, 3.63) is 47.4 Å². The molecule has 0 bridgehead atoms. The van der Waals surface area contributed by atoms with E-state index in [1.54, 1.807) is 30.6 Å². The minimum absolute atomic E-state index is 0.349. The van der Waals surface area contributed by atoms with Crippen molar-refractivity contribution in [3.8, 4) is 11.5 Å². The van der Waals surface area contributed by atoms with Gasteiger partial charge in [-0.15, -0.1) is 0 Å². The molecule has 8 heteroatoms. The standard InChI is InChI=1S/C15H13ClN4O3/c1-22-12-7-11(13(23-2)6-10(12)16)19-15(21)9-8-18-20-5-3-4-17-14(9)20/h3-8H,1-2H3,(H,19,21). The third-order valence-electron chi connectivity index (χ3n) is 3.25. The Morgan fingerprint density at radius 2 is 2.04 bits per heavy atom. The highest BCUT2D eigenvalue weighted by Gasteiger charge is 2.17. The van der Waals surface area contributed by atoms with Gasteiger partial charge in [-0.2, -0.15) is 5.10 Å². The highest BCUT2D eigenvalue weighted by molar-refractivity contribution is 6.32. The summed E-state index contributed by atoms with van der Waals surface area (Å²) < 4.78 is 11.9. The number of hydrogen-bond acceptors (Lipinski definition) is 5. The molecule has 118 valence electrons. The van der Waals surface area contributed by atoms with Gasteiger partial charge >= 0.3 is 0 Å². The lowest BCUT2D eigenvalue weighted by Crippen LogP contribution is -2.13. The third kappa shape index (κ3) is 2.78. The summed E-state index contributed by atoms with van der Waals surface area (Å²) in [6.45, 7) is 0. The maximum absolute atomic E-state index is 12.5. The molecule has 0 fully saturated rings. The molecule has 0 atom stereocenters. The monoisotopic (exact) mass is 332 g/mol. The van der Waals surface area contributed by atoms with Crippen molar-refractivity contribution >= 4 is 28.8 Å². The zero-order chi connectivity index (χ0) is 16.4. The van der Waals surface area contributed by atoms with Gasteiger partial charge in [0.1, 0.15) is 17.1 Å². The fourth-order valence-electron chi connectivity index (χ4n) is 2.14. The molecule has 0 aliphatic carbocycles. The molecular formula is C15H13ClN4O3. The molecule has 0 unspecified atom stereocenters. The van der Waals surface area contributed by atoms with E-state index in [9.17, 15) is 4.79 Å². The molecule has 1 N–H and O–H groups in total. The number of methoxy groups -OCH3 is 2. The van der Waals surface area contributed by atoms with E-state index in [0.29, 0.717) is 33.4 Å². The Morgan fingerprint density at radius 3 is 2.78 bits per heavy atom. The number of hydrogen-bond donors (Lipinski definition) is 1. The first-order valence-electron chi connectivity index (χ1n) is 6.65. The van der Waals surface area contributed by atoms with E-state index in [0.717, 1.165) is 0 Å². The lowest BCUT2D eigenvalue weighted by atomic mass is 10.2. The number of nitrogens with zero attached hydrogens (tertiary/aromatic N) is 3. The number of ether oxygens (including phenoxy) is 2. The van der Waals surface area contributed by atoms with E-state index >= 15 is 0 Å². The topological polar surface area (TPSA) is 77.8 Å². The van der Waals surface area contributed by atoms with Crippen LogP contribution in [0.25, 0.3) is 5.65 Å². The number of rotatable bonds is 4. The highest BCUT2D eigenvalue weighted by Crippen LogP contribution is 2.36. The molecule has 3 aromatic rings. The fraction of sp³-hybridized carbons (Fsp3) is 0.133. The van der Waals surface area contributed by atoms with Crippen molar-refractivity contribution in [1.82, 2.24) is 14.6 Å². The van der Waals surface area contributed by atoms with Gasteiger partial charge in [0.15, 0.2) is 5.65 Å². The first-order chi connectivity index (χ1) is 11.1. The first-order valence-corrected chi connectivity index (χ1v) is 7.03. The van der Waals surface area contributed by atoms with Crippen LogP contribution in [-0.4, -0.2) is 34.7 Å². The Labute approximate surface area is 136 Å². The number of carbonyl (C=O) groups excluding carboxylic acids is 1. The Morgan fingerprint density at radius 1 is 1.26 bits per heavy atom. The van der Waals surface area contributed by atoms with Gasteiger partial charge < -0.3 is 14.8 Å². The van der Waals surface area contributed by atoms with Crippen LogP contribution >= 0.6 is 11.6 Å². The van der Waals surface area contributed by atoms with Gasteiger partial charge in [-0.05, 0) is 6.07 Å². The zero-order valence-electron chi connectivity index (χ0n) is 12.4. The number of amides is 1. The maximum atomic E-state index is 12.5. The first kappa shape index (κ1) is 15.1. The summed E-state index contributed by atoms with van der Waals surface area (Å²) in [5, 5.41) is 7.24. The number of carbonyl (C=O) groups is 1. The summed E-state index contributed by atoms with van der Waals surface area (Å²) in [5.41, 5.74) is 1.25. The fourth-order valence-corrected chi connectivity index (χ4v) is 2.37. The van der Waals surface area contributed by atoms with Crippen molar-refractivity contribution < 1.29 is 14.3 Å². The van der Waals surface area contributed by atoms with Gasteiger partial charge in [0.2, 0.25) is 0 Å². The molecule has 23 heavy (non-hydrogen) atoms. The second-order valence-corrected chi connectivity index (χ2v) is 4.99. The van der Waals surface area contributed by atoms with Crippen LogP contribution in [0.15, 0.2) is 36.8 Å². The predicted molar refractivity (Wildman–Crippen MR) is 85.5 cm³/mol. The molecule has 3 rings (SSSR count). The van der Waals surface area contributed by atoms with Crippen LogP contribution in [0.5, 0.6) is 11.5 Å². The SMILES string of the molecule is COc1cc(NC(=O)c2cnn3cccnc23)c(OC)cc1Cl. The van der Waals surface area contributed by atoms with Crippen molar-refractivity contribution in [1.29, 1.82) is 0 Å². The summed E-state index contributed by atoms with van der Waals surface area (Å²) in [6.07, 6.45) is 4.77. The molecule has 7 nitrogen and oxygen atoms in total. The molecule has 1 aromatic carbocycles. The lowest BCUT2D eigenvalue weighted by Gasteiger charge is -2.12. The normalized spacial score (nSPS) is 10.6. The van der Waals surface area contributed by atoms with Crippen LogP contribution in [0.2, 0.25) is 5.02 Å². The number of nitrogens with one attached hydrogen (secondary N) is 1. The average Bonchev–Trinajstić information content (AvgIpc) is 3.00. The van der Waals surface area contributed by atoms with E-state index in [2.05, 4.69) is 15.4 Å². The summed E-state index contributed by atoms with van der Waals surface area (Å²) >= 11 is 6.05. The Balaban J connectivity index is 1.96. The van der Waals surface area contributed by atoms with Crippen LogP contribution < -0.4 is 14.8 Å². The minimum Gasteiger partial charge on any atom is -0.495 e. The molecule has 0 aliphatic heterocycles. The van der Waals surface area contributed by atoms with Crippen molar-refractivity contribution in [2.45, 2.75) is 0 Å². The van der Waals surface area contributed by atoms with Gasteiger partial charge in [-0.3, -0.25) is 4.79 Å². The molecular weight excluding hydrogens is 320 g/mol. The van der Waals surface area contributed by atoms with E-state index in [-0.39, 0.29) is 5.91 Å². The van der Waals surface area contributed by atoms with Gasteiger partial charge in [0, 0.05) is 24.5 Å². The number of aromatic nitrogens is 3. The average molecular weight is 333 g/mol. The van der Waals surface area contributed by atoms with E-state index in [1.165, 1.54) is 24.9 Å². The summed E-state index contributed by atoms with van der Waals surface area (Å²) in [4.78, 5) is 16.7. The zero-order valence-corrected chi connectivity index (χ0v) is 13.2. The van der Waals surface area contributed by atoms with Crippen LogP contribution in [0.3, 0.4) is 0 Å². The Bertz CT molecular complexity index is 878. The molecule has 0 saturated carbocycles. The summed E-state index contributed by atoms with van der Waals surface area (Å²) in [5.74, 6) is 0.496. The molecule has 1 amide bonds. The van der Waals surface area contributed by atoms with Crippen molar-refractivity contribution in [2.75, 3.05) is 19.5 Å². The van der Waals surface area contributed by atoms with Crippen molar-refractivity contribution in [2.24, 2.45) is 0 Å². The minimum atomic E-state index is -0.360. The summed E-state index contributed by atoms with van der Waals surface area (Å²) in [7, 11) is 2.99. The lowest BCUT2D eigenvalue weighted by molar-refractivity contribution is 0.102. The van der Waals surface area contributed by atoms with Crippen LogP contribution in [0.4, 0.5) is 5.69 Å². The Kier molecular flexibility index (Phi) is 4.03. The van der Waals surface area contributed by atoms with Gasteiger partial charge in [-0.1, -0.05) is 11.6 Å². The van der Waals surface area contributed by atoms with Crippen LogP contribution in [0, 0.1) is 0 Å². The molecule has 0 radical (unpaired) electrons. The largest absolute Gasteiger partial charge is 0.495 e. The second kappa shape index (κ2) is 6.13. The van der Waals surface area contributed by atoms with Gasteiger partial charge in [0.25, 0.3) is 5.91 Å². The van der Waals surface area contributed by atoms with Crippen LogP contribution in [-0.2, 0) is 0 Å². The second-order valence-electron chi connectivity index (χ2n) is 4.59. The van der Waals surface area contributed by atoms with E-state index in [1.807, 2.05) is 0 Å². The number of benzene rings is 1. The number of halogens is 1. The quantitative estimate of drug-likeness (QED) is 0.794. The summed E-state index contributed by atoms with van der Waals surface area (Å²) in [6, 6.07) is 4.90. The predicted octanol–water partition coefficient (Wildman–Crippen LogP) is 2.65. The molecule has 2 heterocycles. The highest BCUT2D eigenvalue weighted by atomic mass is 35.5. The molecule has 0 spiro atoms. The Hall–Kier alpha value is -2.80. The van der Waals surface area contributed by atoms with E-state index < -0.39 is 0 Å². The maximum Gasteiger partial charge on any atom is 0.261 e. The van der Waals surface area contributed by atoms with Gasteiger partial charge in [0.05, 0.1) is 31.1 Å². The van der Waals surface area contributed by atoms with Crippen LogP contribution in [0.1, 0.15) is 10.4 Å². The molecule has 0 aliphatic rings. The smallest absolute Gasteiger partial charge is 0.261 e. The third-order valence-corrected chi connectivity index (χ3v) is 3.54. The number of fused-ring (bicyclic) bond motifs is 1.